The molecule has 1 atom stereocenters. The van der Waals surface area contributed by atoms with Gasteiger partial charge < -0.3 is 15.8 Å². The van der Waals surface area contributed by atoms with Crippen LogP contribution in [-0.2, 0) is 28.8 Å². The first-order chi connectivity index (χ1) is 17.8. The summed E-state index contributed by atoms with van der Waals surface area (Å²) in [5.74, 6) is -0.648. The van der Waals surface area contributed by atoms with Crippen LogP contribution in [-0.4, -0.2) is 33.0 Å². The zero-order valence-corrected chi connectivity index (χ0v) is 22.2. The van der Waals surface area contributed by atoms with Crippen LogP contribution >= 0.6 is 27.5 Å². The molecular formula is C24H22BrClF3N5O4. The van der Waals surface area contributed by atoms with E-state index in [9.17, 15) is 27.6 Å². The van der Waals surface area contributed by atoms with Gasteiger partial charge in [-0.1, -0.05) is 29.8 Å². The summed E-state index contributed by atoms with van der Waals surface area (Å²) >= 11 is 9.38. The highest BCUT2D eigenvalue weighted by Gasteiger charge is 2.36. The number of allylic oxidation sites excluding steroid dienone is 1. The molecule has 2 amide bonds. The number of carbonyl (C=O) groups is 2. The number of nitrogens with one attached hydrogen (secondary N) is 1. The Kier molecular flexibility index (Phi) is 9.05. The van der Waals surface area contributed by atoms with Crippen LogP contribution < -0.4 is 16.7 Å². The van der Waals surface area contributed by atoms with E-state index in [1.54, 1.807) is 18.2 Å². The van der Waals surface area contributed by atoms with Crippen LogP contribution in [0.2, 0.25) is 5.02 Å². The van der Waals surface area contributed by atoms with Crippen LogP contribution in [0, 0.1) is 6.92 Å². The van der Waals surface area contributed by atoms with Gasteiger partial charge in [0, 0.05) is 21.6 Å². The third kappa shape index (κ3) is 6.64. The molecule has 202 valence electrons. The molecule has 1 unspecified atom stereocenters. The van der Waals surface area contributed by atoms with E-state index in [1.807, 2.05) is 0 Å². The second-order valence-corrected chi connectivity index (χ2v) is 9.36. The van der Waals surface area contributed by atoms with Crippen LogP contribution in [0.4, 0.5) is 18.0 Å². The average molecular weight is 617 g/mol. The second-order valence-electron chi connectivity index (χ2n) is 8.07. The molecule has 14 heteroatoms. The Balaban J connectivity index is 1.98. The van der Waals surface area contributed by atoms with Crippen molar-refractivity contribution in [2.45, 2.75) is 32.2 Å². The zero-order valence-electron chi connectivity index (χ0n) is 19.9. The largest absolute Gasteiger partial charge is 0.447 e. The maximum absolute atomic E-state index is 13.7. The summed E-state index contributed by atoms with van der Waals surface area (Å²) in [4.78, 5) is 37.2. The Bertz CT molecular complexity index is 1440. The molecule has 0 aliphatic rings. The van der Waals surface area contributed by atoms with Crippen LogP contribution in [0.1, 0.15) is 22.7 Å². The van der Waals surface area contributed by atoms with Gasteiger partial charge in [0.1, 0.15) is 13.2 Å². The molecule has 3 N–H and O–H groups in total. The molecule has 3 rings (SSSR count). The van der Waals surface area contributed by atoms with Gasteiger partial charge in [-0.2, -0.15) is 13.2 Å². The van der Waals surface area contributed by atoms with Crippen molar-refractivity contribution >= 4 is 39.5 Å². The highest BCUT2D eigenvalue weighted by Crippen LogP contribution is 2.36. The number of carbonyl (C=O) groups excluding carboxylic acids is 2. The van der Waals surface area contributed by atoms with Gasteiger partial charge in [-0.05, 0) is 58.2 Å². The van der Waals surface area contributed by atoms with Crippen molar-refractivity contribution in [3.05, 3.63) is 85.7 Å². The fourth-order valence-corrected chi connectivity index (χ4v) is 4.70. The molecule has 0 fully saturated rings. The summed E-state index contributed by atoms with van der Waals surface area (Å²) < 4.78 is 48.6. The lowest BCUT2D eigenvalue weighted by molar-refractivity contribution is -0.139. The first-order valence-electron chi connectivity index (χ1n) is 11.0. The standard InChI is InChI=1S/C24H22BrClF3N5O4/c1-3-9-33-21(15-8-7-14(26)10-17(15)25)32-34(23(33)37)11-19(35)31-18(12-38-22(30)36)20-13(2)5-4-6-16(20)24(27,28)29/h3-8,10,18H,1,9,11-12H2,2H3,(H2,30,36)(H,31,35). The molecule has 0 aliphatic carbocycles. The van der Waals surface area contributed by atoms with Gasteiger partial charge >= 0.3 is 18.0 Å². The molecule has 1 aromatic heterocycles. The normalized spacial score (nSPS) is 12.2. The zero-order chi connectivity index (χ0) is 28.2. The van der Waals surface area contributed by atoms with Gasteiger partial charge in [0.2, 0.25) is 5.91 Å². The Morgan fingerprint density at radius 3 is 2.63 bits per heavy atom. The number of halogens is 5. The lowest BCUT2D eigenvalue weighted by atomic mass is 9.95. The number of amides is 2. The molecular weight excluding hydrogens is 595 g/mol. The summed E-state index contributed by atoms with van der Waals surface area (Å²) in [6.45, 7) is 3.81. The molecule has 1 heterocycles. The molecule has 3 aromatic rings. The van der Waals surface area contributed by atoms with E-state index in [2.05, 4.69) is 32.9 Å². The van der Waals surface area contributed by atoms with E-state index in [1.165, 1.54) is 29.7 Å². The number of nitrogens with zero attached hydrogens (tertiary/aromatic N) is 3. The second kappa shape index (κ2) is 11.9. The maximum Gasteiger partial charge on any atom is 0.416 e. The van der Waals surface area contributed by atoms with Crippen LogP contribution in [0.3, 0.4) is 0 Å². The quantitative estimate of drug-likeness (QED) is 0.341. The van der Waals surface area contributed by atoms with Gasteiger partial charge in [-0.25, -0.2) is 14.3 Å². The minimum atomic E-state index is -4.75. The molecule has 0 bridgehead atoms. The van der Waals surface area contributed by atoms with Crippen LogP contribution in [0.5, 0.6) is 0 Å². The highest BCUT2D eigenvalue weighted by molar-refractivity contribution is 9.10. The first-order valence-corrected chi connectivity index (χ1v) is 12.1. The number of hydrogen-bond acceptors (Lipinski definition) is 5. The number of nitrogens with two attached hydrogens (primary N) is 1. The van der Waals surface area contributed by atoms with Crippen molar-refractivity contribution in [2.75, 3.05) is 6.61 Å². The summed E-state index contributed by atoms with van der Waals surface area (Å²) in [5, 5.41) is 7.11. The smallest absolute Gasteiger partial charge is 0.416 e. The lowest BCUT2D eigenvalue weighted by Gasteiger charge is -2.24. The predicted molar refractivity (Wildman–Crippen MR) is 137 cm³/mol. The maximum atomic E-state index is 13.7. The predicted octanol–water partition coefficient (Wildman–Crippen LogP) is 4.59. The van der Waals surface area contributed by atoms with Crippen molar-refractivity contribution < 1.29 is 27.5 Å². The molecule has 0 radical (unpaired) electrons. The molecule has 0 spiro atoms. The number of hydrogen-bond donors (Lipinski definition) is 2. The van der Waals surface area contributed by atoms with Gasteiger partial charge in [-0.3, -0.25) is 9.36 Å². The summed E-state index contributed by atoms with van der Waals surface area (Å²) in [5.41, 5.74) is 3.73. The van der Waals surface area contributed by atoms with Gasteiger partial charge in [-0.15, -0.1) is 11.7 Å². The number of aromatic nitrogens is 3. The van der Waals surface area contributed by atoms with Crippen molar-refractivity contribution in [3.8, 4) is 11.4 Å². The molecule has 0 saturated heterocycles. The highest BCUT2D eigenvalue weighted by atomic mass is 79.9. The van der Waals surface area contributed by atoms with E-state index in [0.717, 1.165) is 10.7 Å². The molecule has 0 saturated carbocycles. The third-order valence-electron chi connectivity index (χ3n) is 5.41. The number of aryl methyl sites for hydroxylation is 1. The summed E-state index contributed by atoms with van der Waals surface area (Å²) in [7, 11) is 0. The third-order valence-corrected chi connectivity index (χ3v) is 6.30. The Hall–Kier alpha value is -3.58. The van der Waals surface area contributed by atoms with E-state index >= 15 is 0 Å². The minimum Gasteiger partial charge on any atom is -0.447 e. The molecule has 2 aromatic carbocycles. The SMILES string of the molecule is C=CCn1c(-c2ccc(Cl)cc2Br)nn(CC(=O)NC(COC(N)=O)c2c(C)cccc2C(F)(F)F)c1=O. The number of primary amides is 1. The topological polar surface area (TPSA) is 121 Å². The van der Waals surface area contributed by atoms with Crippen LogP contribution in [0.15, 0.2) is 58.3 Å². The summed E-state index contributed by atoms with van der Waals surface area (Å²) in [6.07, 6.45) is -4.52. The van der Waals surface area contributed by atoms with E-state index in [4.69, 9.17) is 22.1 Å². The fraction of sp³-hybridized carbons (Fsp3) is 0.250. The number of alkyl halides is 3. The average Bonchev–Trinajstić information content (AvgIpc) is 3.11. The Morgan fingerprint density at radius 2 is 2.03 bits per heavy atom. The van der Waals surface area contributed by atoms with Gasteiger partial charge in [0.25, 0.3) is 0 Å². The molecule has 9 nitrogen and oxygen atoms in total. The van der Waals surface area contributed by atoms with Crippen molar-refractivity contribution in [3.63, 3.8) is 0 Å². The van der Waals surface area contributed by atoms with Crippen molar-refractivity contribution in [1.82, 2.24) is 19.7 Å². The molecule has 38 heavy (non-hydrogen) atoms. The van der Waals surface area contributed by atoms with E-state index in [0.29, 0.717) is 15.1 Å². The first kappa shape index (κ1) is 29.0. The number of rotatable bonds is 9. The summed E-state index contributed by atoms with van der Waals surface area (Å²) in [6, 6.07) is 6.91. The number of ether oxygens (including phenoxy) is 1. The lowest BCUT2D eigenvalue weighted by Crippen LogP contribution is -2.38. The van der Waals surface area contributed by atoms with Crippen molar-refractivity contribution in [2.24, 2.45) is 5.73 Å². The number of benzene rings is 2. The van der Waals surface area contributed by atoms with Gasteiger partial charge in [0.15, 0.2) is 5.82 Å². The van der Waals surface area contributed by atoms with Crippen molar-refractivity contribution in [1.29, 1.82) is 0 Å². The Morgan fingerprint density at radius 1 is 1.32 bits per heavy atom. The van der Waals surface area contributed by atoms with Gasteiger partial charge in [0.05, 0.1) is 11.6 Å². The minimum absolute atomic E-state index is 0.0675. The fourth-order valence-electron chi connectivity index (χ4n) is 3.84. The van der Waals surface area contributed by atoms with E-state index < -0.39 is 48.6 Å². The van der Waals surface area contributed by atoms with Crippen LogP contribution in [0.25, 0.3) is 11.4 Å². The molecule has 0 aliphatic heterocycles. The van der Waals surface area contributed by atoms with E-state index in [-0.39, 0.29) is 23.5 Å². The monoisotopic (exact) mass is 615 g/mol. The Labute approximate surface area is 228 Å².